The zero-order chi connectivity index (χ0) is 30.8. The van der Waals surface area contributed by atoms with Crippen LogP contribution in [0.1, 0.15) is 136 Å². The Morgan fingerprint density at radius 1 is 0.614 bits per heavy atom. The molecule has 4 nitrogen and oxygen atoms in total. The fourth-order valence-electron chi connectivity index (χ4n) is 6.62. The van der Waals surface area contributed by atoms with Gasteiger partial charge in [0.15, 0.2) is 11.3 Å². The van der Waals surface area contributed by atoms with Crippen molar-refractivity contribution in [2.75, 3.05) is 25.0 Å². The molecule has 4 rings (SSSR count). The fourth-order valence-corrected chi connectivity index (χ4v) is 6.62. The van der Waals surface area contributed by atoms with Crippen molar-refractivity contribution >= 4 is 27.6 Å². The van der Waals surface area contributed by atoms with Crippen LogP contribution in [0, 0.1) is 0 Å². The van der Waals surface area contributed by atoms with Crippen LogP contribution in [0.5, 0.6) is 0 Å². The SMILES string of the molecule is CCCCCCCCCCCCCCCCCCCCNc1cc2oc3cc(=[N+](CC)CC)ccc-3nc2c2ccccc12. The van der Waals surface area contributed by atoms with Crippen LogP contribution >= 0.6 is 0 Å². The highest BCUT2D eigenvalue weighted by Crippen LogP contribution is 2.34. The Balaban J connectivity index is 1.16. The van der Waals surface area contributed by atoms with E-state index in [0.717, 1.165) is 53.3 Å². The van der Waals surface area contributed by atoms with Gasteiger partial charge in [0.25, 0.3) is 0 Å². The molecular formula is C40H60N3O+. The van der Waals surface area contributed by atoms with Crippen LogP contribution in [0.4, 0.5) is 5.69 Å². The Labute approximate surface area is 267 Å². The molecule has 0 saturated carbocycles. The van der Waals surface area contributed by atoms with Gasteiger partial charge in [-0.1, -0.05) is 140 Å². The quantitative estimate of drug-likeness (QED) is 0.0423. The number of rotatable bonds is 22. The second-order valence-electron chi connectivity index (χ2n) is 12.8. The third-order valence-corrected chi connectivity index (χ3v) is 9.35. The Morgan fingerprint density at radius 2 is 1.16 bits per heavy atom. The molecule has 1 aliphatic heterocycles. The third-order valence-electron chi connectivity index (χ3n) is 9.35. The van der Waals surface area contributed by atoms with E-state index in [2.05, 4.69) is 79.2 Å². The van der Waals surface area contributed by atoms with Crippen LogP contribution in [0.2, 0.25) is 0 Å². The van der Waals surface area contributed by atoms with E-state index < -0.39 is 0 Å². The lowest BCUT2D eigenvalue weighted by Gasteiger charge is -2.13. The molecule has 44 heavy (non-hydrogen) atoms. The summed E-state index contributed by atoms with van der Waals surface area (Å²) in [5.74, 6) is 0.839. The summed E-state index contributed by atoms with van der Waals surface area (Å²) >= 11 is 0. The molecule has 2 aromatic carbocycles. The first-order chi connectivity index (χ1) is 21.7. The highest BCUT2D eigenvalue weighted by molar-refractivity contribution is 6.10. The van der Waals surface area contributed by atoms with Gasteiger partial charge in [0, 0.05) is 35.1 Å². The van der Waals surface area contributed by atoms with Crippen molar-refractivity contribution in [1.29, 1.82) is 0 Å². The lowest BCUT2D eigenvalue weighted by Crippen LogP contribution is -2.29. The van der Waals surface area contributed by atoms with Gasteiger partial charge in [0.2, 0.25) is 5.36 Å². The zero-order valence-electron chi connectivity index (χ0n) is 28.3. The molecule has 0 spiro atoms. The molecule has 2 aliphatic rings. The van der Waals surface area contributed by atoms with Gasteiger partial charge in [-0.25, -0.2) is 9.56 Å². The van der Waals surface area contributed by atoms with E-state index in [1.165, 1.54) is 126 Å². The van der Waals surface area contributed by atoms with E-state index in [1.54, 1.807) is 0 Å². The van der Waals surface area contributed by atoms with Crippen LogP contribution < -0.4 is 15.2 Å². The van der Waals surface area contributed by atoms with Crippen LogP contribution in [0.3, 0.4) is 0 Å². The van der Waals surface area contributed by atoms with Gasteiger partial charge in [-0.05, 0) is 26.3 Å². The number of fused-ring (bicyclic) bond motifs is 4. The molecule has 0 amide bonds. The van der Waals surface area contributed by atoms with Gasteiger partial charge >= 0.3 is 0 Å². The maximum Gasteiger partial charge on any atom is 0.203 e. The average Bonchev–Trinajstić information content (AvgIpc) is 3.05. The van der Waals surface area contributed by atoms with Crippen molar-refractivity contribution in [3.8, 4) is 11.5 Å². The molecule has 0 saturated heterocycles. The van der Waals surface area contributed by atoms with Crippen LogP contribution in [0.15, 0.2) is 52.9 Å². The number of hydrogen-bond acceptors (Lipinski definition) is 3. The number of benzene rings is 3. The van der Waals surface area contributed by atoms with E-state index in [1.807, 2.05) is 0 Å². The first-order valence-electron chi connectivity index (χ1n) is 18.3. The average molecular weight is 599 g/mol. The highest BCUT2D eigenvalue weighted by Gasteiger charge is 2.15. The van der Waals surface area contributed by atoms with Gasteiger partial charge in [-0.15, -0.1) is 0 Å². The molecule has 1 heterocycles. The summed E-state index contributed by atoms with van der Waals surface area (Å²) in [6.45, 7) is 9.61. The van der Waals surface area contributed by atoms with Crippen LogP contribution in [-0.2, 0) is 0 Å². The van der Waals surface area contributed by atoms with Gasteiger partial charge < -0.3 is 9.73 Å². The smallest absolute Gasteiger partial charge is 0.203 e. The first-order valence-corrected chi connectivity index (χ1v) is 18.3. The summed E-state index contributed by atoms with van der Waals surface area (Å²) in [5, 5.41) is 7.27. The molecule has 0 atom stereocenters. The van der Waals surface area contributed by atoms with Crippen molar-refractivity contribution in [3.63, 3.8) is 0 Å². The Kier molecular flexibility index (Phi) is 15.1. The van der Waals surface area contributed by atoms with E-state index in [-0.39, 0.29) is 0 Å². The third kappa shape index (κ3) is 10.3. The summed E-state index contributed by atoms with van der Waals surface area (Å²) in [6, 6.07) is 17.1. The van der Waals surface area contributed by atoms with Crippen molar-refractivity contribution in [1.82, 2.24) is 9.56 Å². The monoisotopic (exact) mass is 598 g/mol. The van der Waals surface area contributed by atoms with Gasteiger partial charge in [-0.3, -0.25) is 0 Å². The van der Waals surface area contributed by atoms with Gasteiger partial charge in [0.05, 0.1) is 6.07 Å². The summed E-state index contributed by atoms with van der Waals surface area (Å²) in [7, 11) is 0. The summed E-state index contributed by atoms with van der Waals surface area (Å²) in [5.41, 5.74) is 3.82. The molecule has 0 unspecified atom stereocenters. The second-order valence-corrected chi connectivity index (χ2v) is 12.8. The molecule has 0 aromatic heterocycles. The molecule has 0 radical (unpaired) electrons. The Hall–Kier alpha value is -2.88. The van der Waals surface area contributed by atoms with E-state index in [0.29, 0.717) is 0 Å². The Bertz CT molecular complexity index is 1420. The maximum atomic E-state index is 6.49. The lowest BCUT2D eigenvalue weighted by atomic mass is 10.0. The molecule has 0 bridgehead atoms. The predicted octanol–water partition coefficient (Wildman–Crippen LogP) is 11.4. The highest BCUT2D eigenvalue weighted by atomic mass is 16.3. The normalized spacial score (nSPS) is 11.6. The molecule has 240 valence electrons. The standard InChI is InChI=1S/C40H59N3O/c1-4-7-8-9-10-11-12-13-14-15-16-17-18-19-20-21-22-25-30-41-37-32-39-40(35-27-24-23-26-34(35)37)42-36-29-28-33(31-38(36)44-39)43(5-2)6-3/h23-24,26-29,31-32H,4-22,25,30H2,1-3H3/p+1. The maximum absolute atomic E-state index is 6.49. The molecule has 2 aromatic rings. The lowest BCUT2D eigenvalue weighted by molar-refractivity contribution is 0.526. The number of aromatic nitrogens is 1. The minimum atomic E-state index is 0.839. The summed E-state index contributed by atoms with van der Waals surface area (Å²) in [4.78, 5) is 5.05. The molecule has 0 fully saturated rings. The number of hydrogen-bond donors (Lipinski definition) is 1. The zero-order valence-corrected chi connectivity index (χ0v) is 28.3. The van der Waals surface area contributed by atoms with Crippen LogP contribution in [-0.4, -0.2) is 24.6 Å². The minimum absolute atomic E-state index is 0.839. The summed E-state index contributed by atoms with van der Waals surface area (Å²) < 4.78 is 8.83. The number of unbranched alkanes of at least 4 members (excludes halogenated alkanes) is 17. The minimum Gasteiger partial charge on any atom is -0.452 e. The molecular weight excluding hydrogens is 538 g/mol. The largest absolute Gasteiger partial charge is 0.452 e. The Morgan fingerprint density at radius 3 is 1.73 bits per heavy atom. The topological polar surface area (TPSA) is 41.1 Å². The van der Waals surface area contributed by atoms with Crippen molar-refractivity contribution in [2.24, 2.45) is 0 Å². The number of nitrogens with zero attached hydrogens (tertiary/aromatic N) is 2. The van der Waals surface area contributed by atoms with Gasteiger partial charge in [0.1, 0.15) is 24.3 Å². The fraction of sp³-hybridized carbons (Fsp3) is 0.600. The van der Waals surface area contributed by atoms with Gasteiger partial charge in [-0.2, -0.15) is 0 Å². The van der Waals surface area contributed by atoms with E-state index >= 15 is 0 Å². The second kappa shape index (κ2) is 19.5. The van der Waals surface area contributed by atoms with E-state index in [9.17, 15) is 0 Å². The molecule has 4 heteroatoms. The number of nitrogens with one attached hydrogen (secondary N) is 1. The van der Waals surface area contributed by atoms with Crippen molar-refractivity contribution in [2.45, 2.75) is 136 Å². The molecule has 1 N–H and O–H groups in total. The van der Waals surface area contributed by atoms with Crippen molar-refractivity contribution < 1.29 is 4.42 Å². The molecule has 1 aliphatic carbocycles. The van der Waals surface area contributed by atoms with Crippen molar-refractivity contribution in [3.05, 3.63) is 53.9 Å². The number of anilines is 1. The predicted molar refractivity (Wildman–Crippen MR) is 192 cm³/mol. The summed E-state index contributed by atoms with van der Waals surface area (Å²) in [6.07, 6.45) is 25.3. The first kappa shape index (κ1) is 34.0. The van der Waals surface area contributed by atoms with Crippen LogP contribution in [0.25, 0.3) is 33.3 Å². The van der Waals surface area contributed by atoms with E-state index in [4.69, 9.17) is 9.40 Å².